The van der Waals surface area contributed by atoms with Crippen LogP contribution in [0.5, 0.6) is 5.75 Å². The van der Waals surface area contributed by atoms with Gasteiger partial charge in [-0.2, -0.15) is 8.78 Å². The Bertz CT molecular complexity index is 867. The second-order valence-electron chi connectivity index (χ2n) is 5.38. The summed E-state index contributed by atoms with van der Waals surface area (Å²) >= 11 is 0. The van der Waals surface area contributed by atoms with Crippen molar-refractivity contribution in [3.8, 4) is 5.75 Å². The van der Waals surface area contributed by atoms with Crippen LogP contribution in [-0.4, -0.2) is 28.8 Å². The van der Waals surface area contributed by atoms with Crippen molar-refractivity contribution in [2.24, 2.45) is 0 Å². The molecular weight excluding hydrogens is 393 g/mol. The summed E-state index contributed by atoms with van der Waals surface area (Å²) in [5.41, 5.74) is -1.47. The van der Waals surface area contributed by atoms with E-state index in [2.05, 4.69) is 0 Å². The molecule has 0 unspecified atom stereocenters. The van der Waals surface area contributed by atoms with E-state index in [0.29, 0.717) is 12.1 Å². The quantitative estimate of drug-likeness (QED) is 0.483. The Morgan fingerprint density at radius 2 is 1.67 bits per heavy atom. The number of alkyl halides is 2. The molecule has 0 aliphatic rings. The normalized spacial score (nSPS) is 11.9. The zero-order valence-corrected chi connectivity index (χ0v) is 14.4. The van der Waals surface area contributed by atoms with E-state index in [-0.39, 0.29) is 5.75 Å². The molecule has 0 spiro atoms. The number of amides is 1. The third kappa shape index (κ3) is 5.29. The molecule has 0 aromatic heterocycles. The molecule has 0 atom stereocenters. The number of benzene rings is 2. The zero-order chi connectivity index (χ0) is 20.2. The highest BCUT2D eigenvalue weighted by atomic mass is 31.2. The number of halogens is 4. The van der Waals surface area contributed by atoms with Crippen LogP contribution in [0.25, 0.3) is 0 Å². The van der Waals surface area contributed by atoms with Gasteiger partial charge < -0.3 is 19.8 Å². The van der Waals surface area contributed by atoms with Crippen LogP contribution >= 0.6 is 7.60 Å². The number of carbonyl (C=O) groups is 1. The van der Waals surface area contributed by atoms with Crippen molar-refractivity contribution >= 4 is 18.8 Å². The number of nitrogens with one attached hydrogen (secondary N) is 1. The maximum absolute atomic E-state index is 14.0. The first-order chi connectivity index (χ1) is 12.5. The third-order valence-corrected chi connectivity index (χ3v) is 4.37. The van der Waals surface area contributed by atoms with Crippen LogP contribution in [0.15, 0.2) is 42.5 Å². The van der Waals surface area contributed by atoms with Gasteiger partial charge in [-0.15, -0.1) is 0 Å². The summed E-state index contributed by atoms with van der Waals surface area (Å²) < 4.78 is 71.2. The number of hydrogen-bond acceptors (Lipinski definition) is 3. The van der Waals surface area contributed by atoms with E-state index in [1.165, 1.54) is 18.2 Å². The van der Waals surface area contributed by atoms with Crippen molar-refractivity contribution in [3.05, 3.63) is 59.7 Å². The van der Waals surface area contributed by atoms with E-state index >= 15 is 0 Å². The highest BCUT2D eigenvalue weighted by molar-refractivity contribution is 7.60. The lowest BCUT2D eigenvalue weighted by Gasteiger charge is -2.19. The van der Waals surface area contributed by atoms with Gasteiger partial charge in [0.25, 0.3) is 11.8 Å². The Balaban J connectivity index is 2.00. The molecule has 0 saturated carbocycles. The van der Waals surface area contributed by atoms with Crippen LogP contribution in [0.4, 0.5) is 17.6 Å². The molecule has 27 heavy (non-hydrogen) atoms. The predicted octanol–water partition coefficient (Wildman–Crippen LogP) is 2.05. The lowest BCUT2D eigenvalue weighted by atomic mass is 10.1. The number of para-hydroxylation sites is 1. The van der Waals surface area contributed by atoms with Gasteiger partial charge >= 0.3 is 7.60 Å². The second-order valence-corrected chi connectivity index (χ2v) is 6.95. The molecule has 0 fully saturated rings. The highest BCUT2D eigenvalue weighted by Crippen LogP contribution is 2.37. The number of ether oxygens (including phenoxy) is 1. The largest absolute Gasteiger partial charge is 0.483 e. The first kappa shape index (κ1) is 20.9. The topological polar surface area (TPSA) is 95.9 Å². The second kappa shape index (κ2) is 8.08. The fourth-order valence-corrected chi connectivity index (χ4v) is 2.87. The van der Waals surface area contributed by atoms with Crippen molar-refractivity contribution in [1.29, 1.82) is 0 Å². The number of rotatable bonds is 7. The van der Waals surface area contributed by atoms with Crippen molar-refractivity contribution in [2.75, 3.05) is 13.2 Å². The van der Waals surface area contributed by atoms with Gasteiger partial charge in [0.1, 0.15) is 22.7 Å². The number of hydrogen-bond donors (Lipinski definition) is 3. The van der Waals surface area contributed by atoms with Gasteiger partial charge in [-0.25, -0.2) is 8.78 Å². The van der Waals surface area contributed by atoms with Crippen LogP contribution < -0.4 is 15.4 Å². The number of carbonyl (C=O) groups excluding carboxylic acids is 1. The van der Waals surface area contributed by atoms with E-state index in [1.807, 2.05) is 0 Å². The Hall–Kier alpha value is -2.42. The molecule has 1 amide bonds. The Morgan fingerprint density at radius 3 is 2.26 bits per heavy atom. The molecule has 6 nitrogen and oxygen atoms in total. The average molecular weight is 407 g/mol. The molecule has 2 aromatic carbocycles. The van der Waals surface area contributed by atoms with Crippen molar-refractivity contribution in [3.63, 3.8) is 0 Å². The van der Waals surface area contributed by atoms with E-state index in [9.17, 15) is 36.7 Å². The van der Waals surface area contributed by atoms with E-state index in [4.69, 9.17) is 4.74 Å². The van der Waals surface area contributed by atoms with Gasteiger partial charge in [0.15, 0.2) is 6.61 Å². The Morgan fingerprint density at radius 1 is 1.07 bits per heavy atom. The van der Waals surface area contributed by atoms with Crippen LogP contribution in [0.1, 0.15) is 5.56 Å². The Labute approximate surface area is 150 Å². The van der Waals surface area contributed by atoms with Gasteiger partial charge in [-0.1, -0.05) is 18.2 Å². The molecule has 0 saturated heterocycles. The molecule has 146 valence electrons. The zero-order valence-electron chi connectivity index (χ0n) is 13.5. The highest BCUT2D eigenvalue weighted by Gasteiger charge is 2.38. The molecule has 0 radical (unpaired) electrons. The van der Waals surface area contributed by atoms with Crippen LogP contribution in [0.3, 0.4) is 0 Å². The minimum atomic E-state index is -4.67. The minimum Gasteiger partial charge on any atom is -0.483 e. The van der Waals surface area contributed by atoms with Gasteiger partial charge in [0.2, 0.25) is 0 Å². The molecule has 0 aliphatic carbocycles. The first-order valence-electron chi connectivity index (χ1n) is 7.39. The molecule has 3 N–H and O–H groups in total. The fraction of sp³-hybridized carbons (Fsp3) is 0.188. The Kier molecular flexibility index (Phi) is 6.25. The van der Waals surface area contributed by atoms with Crippen molar-refractivity contribution in [2.45, 2.75) is 5.92 Å². The molecule has 0 bridgehead atoms. The molecule has 0 aliphatic heterocycles. The molecule has 2 aromatic rings. The van der Waals surface area contributed by atoms with Gasteiger partial charge in [0, 0.05) is 0 Å². The minimum absolute atomic E-state index is 0.298. The maximum Gasteiger partial charge on any atom is 0.359 e. The monoisotopic (exact) mass is 407 g/mol. The summed E-state index contributed by atoms with van der Waals surface area (Å²) in [6.07, 6.45) is 0. The third-order valence-electron chi connectivity index (χ3n) is 3.37. The molecule has 2 rings (SSSR count). The first-order valence-corrected chi connectivity index (χ1v) is 9.00. The van der Waals surface area contributed by atoms with E-state index < -0.39 is 55.1 Å². The van der Waals surface area contributed by atoms with E-state index in [0.717, 1.165) is 12.1 Å². The summed E-state index contributed by atoms with van der Waals surface area (Å²) in [6, 6.07) is 7.25. The molecule has 0 heterocycles. The SMILES string of the molecule is O=C(COc1ccccc1P(=O)(O)O)NCC(F)(F)c1c(F)cccc1F. The summed E-state index contributed by atoms with van der Waals surface area (Å²) in [6.45, 7) is -2.24. The van der Waals surface area contributed by atoms with Gasteiger partial charge in [0.05, 0.1) is 12.1 Å². The lowest BCUT2D eigenvalue weighted by Crippen LogP contribution is -2.38. The maximum atomic E-state index is 14.0. The van der Waals surface area contributed by atoms with Crippen LogP contribution in [0.2, 0.25) is 0 Å². The predicted molar refractivity (Wildman–Crippen MR) is 86.9 cm³/mol. The fourth-order valence-electron chi connectivity index (χ4n) is 2.16. The summed E-state index contributed by atoms with van der Waals surface area (Å²) in [4.78, 5) is 30.0. The molecular formula is C16H14F4NO5P. The average Bonchev–Trinajstić information content (AvgIpc) is 2.57. The summed E-state index contributed by atoms with van der Waals surface area (Å²) in [5, 5.41) is 1.29. The van der Waals surface area contributed by atoms with Crippen molar-refractivity contribution in [1.82, 2.24) is 5.32 Å². The van der Waals surface area contributed by atoms with Crippen LogP contribution in [0, 0.1) is 11.6 Å². The standard InChI is InChI=1S/C16H14F4NO5P/c17-10-4-3-5-11(18)15(10)16(19,20)9-21-14(22)8-26-12-6-1-2-7-13(12)27(23,24)25/h1-7H,8-9H2,(H,21,22)(H2,23,24,25). The summed E-state index contributed by atoms with van der Waals surface area (Å²) in [7, 11) is -4.67. The smallest absolute Gasteiger partial charge is 0.359 e. The van der Waals surface area contributed by atoms with Crippen LogP contribution in [-0.2, 0) is 15.3 Å². The lowest BCUT2D eigenvalue weighted by molar-refractivity contribution is -0.125. The van der Waals surface area contributed by atoms with Crippen molar-refractivity contribution < 1.29 is 41.4 Å². The van der Waals surface area contributed by atoms with E-state index in [1.54, 1.807) is 5.32 Å². The van der Waals surface area contributed by atoms with Gasteiger partial charge in [-0.05, 0) is 24.3 Å². The van der Waals surface area contributed by atoms with Gasteiger partial charge in [-0.3, -0.25) is 9.36 Å². The summed E-state index contributed by atoms with van der Waals surface area (Å²) in [5.74, 6) is -8.31. The molecule has 11 heteroatoms.